The molecule has 0 spiro atoms. The fourth-order valence-corrected chi connectivity index (χ4v) is 9.00. The molecule has 3 aromatic rings. The Bertz CT molecular complexity index is 1890. The average Bonchev–Trinajstić information content (AvgIpc) is 3.48. The summed E-state index contributed by atoms with van der Waals surface area (Å²) in [7, 11) is -7.83. The molecule has 5 rings (SSSR count). The Morgan fingerprint density at radius 1 is 0.898 bits per heavy atom. The maximum absolute atomic E-state index is 13.4. The monoisotopic (exact) mass is 714 g/mol. The third-order valence-corrected chi connectivity index (χ3v) is 12.4. The minimum Gasteiger partial charge on any atom is -0.454 e. The van der Waals surface area contributed by atoms with Crippen LogP contribution in [0.25, 0.3) is 0 Å². The summed E-state index contributed by atoms with van der Waals surface area (Å²) < 4.78 is 65.1. The zero-order valence-electron chi connectivity index (χ0n) is 27.7. The molecule has 0 N–H and O–H groups in total. The molecule has 1 unspecified atom stereocenters. The smallest absolute Gasteiger partial charge is 0.270 e. The maximum Gasteiger partial charge on any atom is 0.270 e. The van der Waals surface area contributed by atoms with Crippen molar-refractivity contribution in [1.29, 1.82) is 0 Å². The maximum atomic E-state index is 13.4. The highest BCUT2D eigenvalue weighted by Gasteiger charge is 2.32. The molecule has 2 aliphatic rings. The number of nitro benzene ring substituents is 1. The Balaban J connectivity index is 1.14. The molecule has 1 fully saturated rings. The fourth-order valence-electron chi connectivity index (χ4n) is 6.19. The van der Waals surface area contributed by atoms with Crippen molar-refractivity contribution in [3.8, 4) is 11.5 Å². The quantitative estimate of drug-likeness (QED) is 0.125. The lowest BCUT2D eigenvalue weighted by atomic mass is 10.1. The largest absolute Gasteiger partial charge is 0.454 e. The summed E-state index contributed by atoms with van der Waals surface area (Å²) in [5.41, 5.74) is 0.588. The molecule has 15 heteroatoms. The van der Waals surface area contributed by atoms with Crippen molar-refractivity contribution in [2.24, 2.45) is 0 Å². The summed E-state index contributed by atoms with van der Waals surface area (Å²) in [5, 5.41) is 11.2. The van der Waals surface area contributed by atoms with E-state index in [2.05, 4.69) is 18.7 Å². The predicted octanol–water partition coefficient (Wildman–Crippen LogP) is 4.50. The van der Waals surface area contributed by atoms with E-state index in [1.807, 2.05) is 6.07 Å². The molecule has 0 radical (unpaired) electrons. The van der Waals surface area contributed by atoms with E-state index in [1.54, 1.807) is 29.2 Å². The SMILES string of the molecule is CCCN(CCCCN1CCCN(S(=O)(=O)c2cccc([N+](=O)[O-])c2)CC1=O)C(C)Cc1cccc(S(=O)(=O)c2ccc3c(c2)OCO3)c1. The average molecular weight is 715 g/mol. The molecule has 2 aliphatic heterocycles. The normalized spacial score (nSPS) is 16.1. The third-order valence-electron chi connectivity index (χ3n) is 8.82. The van der Waals surface area contributed by atoms with Gasteiger partial charge in [-0.15, -0.1) is 0 Å². The first-order valence-corrected chi connectivity index (χ1v) is 19.3. The van der Waals surface area contributed by atoms with Gasteiger partial charge in [0.1, 0.15) is 0 Å². The Morgan fingerprint density at radius 2 is 1.63 bits per heavy atom. The Hall–Kier alpha value is -4.05. The van der Waals surface area contributed by atoms with Crippen LogP contribution in [0, 0.1) is 10.1 Å². The van der Waals surface area contributed by atoms with E-state index in [9.17, 15) is 31.7 Å². The van der Waals surface area contributed by atoms with Crippen molar-refractivity contribution in [3.05, 3.63) is 82.4 Å². The summed E-state index contributed by atoms with van der Waals surface area (Å²) >= 11 is 0. The van der Waals surface area contributed by atoms with Gasteiger partial charge < -0.3 is 19.3 Å². The number of ether oxygens (including phenoxy) is 2. The standard InChI is InChI=1S/C34H42N4O9S2/c1-3-15-35(26(2)20-27-9-6-11-29(21-27)48(42,43)30-13-14-32-33(23-30)47-25-46-32)16-4-5-17-36-18-8-19-37(24-34(36)39)49(44,45)31-12-7-10-28(22-31)38(40)41/h6-7,9-14,21-23,26H,3-5,8,15-20,24-25H2,1-2H3. The van der Waals surface area contributed by atoms with Crippen LogP contribution in [0.15, 0.2) is 81.4 Å². The molecule has 0 bridgehead atoms. The first kappa shape index (κ1) is 36.2. The van der Waals surface area contributed by atoms with Crippen LogP contribution < -0.4 is 9.47 Å². The number of unbranched alkanes of at least 4 members (excludes halogenated alkanes) is 1. The first-order valence-electron chi connectivity index (χ1n) is 16.4. The molecule has 1 saturated heterocycles. The minimum absolute atomic E-state index is 0.0641. The molecule has 0 aromatic heterocycles. The number of carbonyl (C=O) groups is 1. The van der Waals surface area contributed by atoms with Crippen LogP contribution in [0.3, 0.4) is 0 Å². The van der Waals surface area contributed by atoms with Crippen LogP contribution in [0.1, 0.15) is 45.1 Å². The summed E-state index contributed by atoms with van der Waals surface area (Å²) in [6.07, 6.45) is 3.62. The van der Waals surface area contributed by atoms with E-state index >= 15 is 0 Å². The van der Waals surface area contributed by atoms with Gasteiger partial charge in [-0.25, -0.2) is 16.8 Å². The van der Waals surface area contributed by atoms with Gasteiger partial charge in [0.25, 0.3) is 5.69 Å². The number of sulfone groups is 1. The molecule has 13 nitrogen and oxygen atoms in total. The molecular weight excluding hydrogens is 673 g/mol. The van der Waals surface area contributed by atoms with Crippen LogP contribution in [0.4, 0.5) is 5.69 Å². The Labute approximate surface area is 287 Å². The number of nitrogens with zero attached hydrogens (tertiary/aromatic N) is 4. The van der Waals surface area contributed by atoms with E-state index in [4.69, 9.17) is 9.47 Å². The summed E-state index contributed by atoms with van der Waals surface area (Å²) in [6, 6.07) is 16.7. The second-order valence-corrected chi connectivity index (χ2v) is 16.2. The van der Waals surface area contributed by atoms with E-state index in [0.717, 1.165) is 48.3 Å². The van der Waals surface area contributed by atoms with Crippen molar-refractivity contribution in [1.82, 2.24) is 14.1 Å². The zero-order valence-corrected chi connectivity index (χ0v) is 29.3. The lowest BCUT2D eigenvalue weighted by Gasteiger charge is -2.29. The van der Waals surface area contributed by atoms with Gasteiger partial charge in [-0.05, 0) is 88.0 Å². The molecule has 1 atom stereocenters. The van der Waals surface area contributed by atoms with Gasteiger partial charge >= 0.3 is 0 Å². The van der Waals surface area contributed by atoms with E-state index in [1.165, 1.54) is 30.3 Å². The van der Waals surface area contributed by atoms with E-state index in [-0.39, 0.29) is 52.2 Å². The number of non-ortho nitro benzene ring substituents is 1. The van der Waals surface area contributed by atoms with Gasteiger partial charge in [0.15, 0.2) is 11.5 Å². The lowest BCUT2D eigenvalue weighted by Crippen LogP contribution is -2.40. The van der Waals surface area contributed by atoms with Crippen molar-refractivity contribution in [3.63, 3.8) is 0 Å². The number of carbonyl (C=O) groups excluding carboxylic acids is 1. The predicted molar refractivity (Wildman–Crippen MR) is 182 cm³/mol. The Morgan fingerprint density at radius 3 is 2.41 bits per heavy atom. The lowest BCUT2D eigenvalue weighted by molar-refractivity contribution is -0.385. The van der Waals surface area contributed by atoms with Gasteiger partial charge in [-0.2, -0.15) is 4.31 Å². The molecule has 2 heterocycles. The highest BCUT2D eigenvalue weighted by atomic mass is 32.2. The second-order valence-electron chi connectivity index (χ2n) is 12.3. The van der Waals surface area contributed by atoms with Crippen molar-refractivity contribution in [2.45, 2.75) is 66.7 Å². The van der Waals surface area contributed by atoms with Crippen LogP contribution in [-0.2, 0) is 31.1 Å². The number of fused-ring (bicyclic) bond motifs is 1. The van der Waals surface area contributed by atoms with Crippen LogP contribution in [0.5, 0.6) is 11.5 Å². The van der Waals surface area contributed by atoms with E-state index in [0.29, 0.717) is 37.4 Å². The third kappa shape index (κ3) is 8.58. The number of rotatable bonds is 15. The summed E-state index contributed by atoms with van der Waals surface area (Å²) in [5.74, 6) is 0.642. The number of benzene rings is 3. The number of sulfonamides is 1. The highest BCUT2D eigenvalue weighted by Crippen LogP contribution is 2.35. The summed E-state index contributed by atoms with van der Waals surface area (Å²) in [4.78, 5) is 27.8. The van der Waals surface area contributed by atoms with Crippen LogP contribution >= 0.6 is 0 Å². The topological polar surface area (TPSA) is 157 Å². The first-order chi connectivity index (χ1) is 23.4. The molecular formula is C34H42N4O9S2. The van der Waals surface area contributed by atoms with Gasteiger partial charge in [0.2, 0.25) is 32.6 Å². The number of hydrogen-bond acceptors (Lipinski definition) is 10. The number of nitro groups is 1. The molecule has 3 aromatic carbocycles. The Kier molecular flexibility index (Phi) is 11.6. The molecule has 49 heavy (non-hydrogen) atoms. The van der Waals surface area contributed by atoms with Gasteiger partial charge in [0.05, 0.1) is 26.2 Å². The van der Waals surface area contributed by atoms with Crippen molar-refractivity contribution >= 4 is 31.5 Å². The van der Waals surface area contributed by atoms with Gasteiger partial charge in [0, 0.05) is 43.9 Å². The van der Waals surface area contributed by atoms with E-state index < -0.39 is 24.8 Å². The van der Waals surface area contributed by atoms with Crippen LogP contribution in [0.2, 0.25) is 0 Å². The molecule has 264 valence electrons. The number of amides is 1. The number of hydrogen-bond donors (Lipinski definition) is 0. The minimum atomic E-state index is -4.07. The van der Waals surface area contributed by atoms with Crippen molar-refractivity contribution in [2.75, 3.05) is 46.1 Å². The van der Waals surface area contributed by atoms with Gasteiger partial charge in [-0.3, -0.25) is 14.9 Å². The second kappa shape index (κ2) is 15.7. The molecule has 0 aliphatic carbocycles. The van der Waals surface area contributed by atoms with Crippen LogP contribution in [-0.4, -0.2) is 93.9 Å². The fraction of sp³-hybridized carbons (Fsp3) is 0.441. The molecule has 1 amide bonds. The highest BCUT2D eigenvalue weighted by molar-refractivity contribution is 7.91. The molecule has 0 saturated carbocycles. The van der Waals surface area contributed by atoms with Crippen molar-refractivity contribution < 1.29 is 36.0 Å². The summed E-state index contributed by atoms with van der Waals surface area (Å²) in [6.45, 7) is 6.72. The zero-order chi connectivity index (χ0) is 35.2. The van der Waals surface area contributed by atoms with Gasteiger partial charge in [-0.1, -0.05) is 25.1 Å².